The third-order valence-electron chi connectivity index (χ3n) is 5.50. The van der Waals surface area contributed by atoms with Crippen LogP contribution >= 0.6 is 0 Å². The second kappa shape index (κ2) is 7.23. The van der Waals surface area contributed by atoms with Crippen molar-refractivity contribution in [2.75, 3.05) is 32.7 Å². The molecule has 0 radical (unpaired) electrons. The molecule has 3 nitrogen and oxygen atoms in total. The lowest BCUT2D eigenvalue weighted by Gasteiger charge is -2.46. The highest BCUT2D eigenvalue weighted by Crippen LogP contribution is 2.37. The van der Waals surface area contributed by atoms with Crippen molar-refractivity contribution in [3.63, 3.8) is 0 Å². The molecule has 0 N–H and O–H groups in total. The molecule has 2 fully saturated rings. The van der Waals surface area contributed by atoms with Gasteiger partial charge >= 0.3 is 0 Å². The summed E-state index contributed by atoms with van der Waals surface area (Å²) in [5, 5.41) is 0. The summed E-state index contributed by atoms with van der Waals surface area (Å²) in [7, 11) is 0. The van der Waals surface area contributed by atoms with Gasteiger partial charge in [0.05, 0.1) is 0 Å². The van der Waals surface area contributed by atoms with Gasteiger partial charge in [-0.1, -0.05) is 13.8 Å². The molecule has 0 aromatic carbocycles. The van der Waals surface area contributed by atoms with Crippen molar-refractivity contribution >= 4 is 5.78 Å². The predicted octanol–water partition coefficient (Wildman–Crippen LogP) is 3.19. The summed E-state index contributed by atoms with van der Waals surface area (Å²) >= 11 is 0. The van der Waals surface area contributed by atoms with Gasteiger partial charge in [0.2, 0.25) is 0 Å². The molecular weight excluding hydrogens is 260 g/mol. The molecule has 2 saturated heterocycles. The predicted molar refractivity (Wildman–Crippen MR) is 88.5 cm³/mol. The van der Waals surface area contributed by atoms with Crippen molar-refractivity contribution in [3.8, 4) is 0 Å². The normalized spacial score (nSPS) is 23.5. The second-order valence-electron chi connectivity index (χ2n) is 7.90. The van der Waals surface area contributed by atoms with E-state index in [0.29, 0.717) is 17.7 Å². The summed E-state index contributed by atoms with van der Waals surface area (Å²) in [4.78, 5) is 18.0. The molecule has 21 heavy (non-hydrogen) atoms. The minimum Gasteiger partial charge on any atom is -0.302 e. The molecule has 2 aliphatic rings. The molecule has 3 heteroatoms. The number of hydrogen-bond donors (Lipinski definition) is 0. The van der Waals surface area contributed by atoms with Gasteiger partial charge in [0.1, 0.15) is 5.78 Å². The fourth-order valence-corrected chi connectivity index (χ4v) is 3.65. The molecule has 0 aromatic heterocycles. The number of piperidine rings is 1. The highest BCUT2D eigenvalue weighted by molar-refractivity contribution is 5.85. The Kier molecular flexibility index (Phi) is 5.84. The van der Waals surface area contributed by atoms with E-state index in [-0.39, 0.29) is 5.41 Å². The Bertz CT molecular complexity index is 339. The molecule has 0 amide bonds. The van der Waals surface area contributed by atoms with E-state index in [9.17, 15) is 4.79 Å². The number of likely N-dealkylation sites (tertiary alicyclic amines) is 2. The first-order valence-electron chi connectivity index (χ1n) is 8.93. The van der Waals surface area contributed by atoms with Gasteiger partial charge in [0, 0.05) is 24.4 Å². The summed E-state index contributed by atoms with van der Waals surface area (Å²) < 4.78 is 0. The van der Waals surface area contributed by atoms with Crippen LogP contribution in [0.3, 0.4) is 0 Å². The van der Waals surface area contributed by atoms with Crippen LogP contribution in [0.5, 0.6) is 0 Å². The minimum absolute atomic E-state index is 0.0410. The van der Waals surface area contributed by atoms with E-state index in [0.717, 1.165) is 45.3 Å². The lowest BCUT2D eigenvalue weighted by molar-refractivity contribution is -0.134. The van der Waals surface area contributed by atoms with Crippen molar-refractivity contribution < 1.29 is 4.79 Å². The van der Waals surface area contributed by atoms with Gasteiger partial charge in [-0.3, -0.25) is 4.79 Å². The minimum atomic E-state index is -0.0410. The molecule has 0 saturated carbocycles. The Hall–Kier alpha value is -0.410. The fourth-order valence-electron chi connectivity index (χ4n) is 3.65. The van der Waals surface area contributed by atoms with Crippen LogP contribution in [0.1, 0.15) is 59.8 Å². The number of rotatable bonds is 7. The van der Waals surface area contributed by atoms with E-state index in [4.69, 9.17) is 0 Å². The molecule has 0 aromatic rings. The van der Waals surface area contributed by atoms with Crippen LogP contribution in [0.25, 0.3) is 0 Å². The van der Waals surface area contributed by atoms with Crippen LogP contribution in [0, 0.1) is 11.3 Å². The van der Waals surface area contributed by atoms with Crippen molar-refractivity contribution in [3.05, 3.63) is 0 Å². The molecular formula is C18H34N2O. The summed E-state index contributed by atoms with van der Waals surface area (Å²) in [5.74, 6) is 1.18. The van der Waals surface area contributed by atoms with Crippen molar-refractivity contribution in [2.45, 2.75) is 65.8 Å². The van der Waals surface area contributed by atoms with Crippen LogP contribution in [0.2, 0.25) is 0 Å². The Labute approximate surface area is 131 Å². The molecule has 0 atom stereocenters. The number of Topliss-reactive ketones (excluding diaryl/α,β-unsaturated/α-hetero) is 1. The van der Waals surface area contributed by atoms with E-state index < -0.39 is 0 Å². The van der Waals surface area contributed by atoms with Gasteiger partial charge in [-0.2, -0.15) is 0 Å². The third kappa shape index (κ3) is 4.29. The first-order valence-corrected chi connectivity index (χ1v) is 8.93. The molecule has 0 aliphatic carbocycles. The smallest absolute Gasteiger partial charge is 0.140 e. The molecule has 2 rings (SSSR count). The van der Waals surface area contributed by atoms with Crippen molar-refractivity contribution in [1.82, 2.24) is 9.80 Å². The summed E-state index contributed by atoms with van der Waals surface area (Å²) in [6, 6.07) is 0.609. The van der Waals surface area contributed by atoms with Gasteiger partial charge in [0.15, 0.2) is 0 Å². The van der Waals surface area contributed by atoms with Crippen LogP contribution in [-0.4, -0.2) is 54.3 Å². The Balaban J connectivity index is 1.99. The molecule has 2 heterocycles. The van der Waals surface area contributed by atoms with E-state index in [1.807, 2.05) is 0 Å². The van der Waals surface area contributed by atoms with E-state index >= 15 is 0 Å². The van der Waals surface area contributed by atoms with Crippen molar-refractivity contribution in [2.24, 2.45) is 11.3 Å². The van der Waals surface area contributed by atoms with Gasteiger partial charge in [-0.15, -0.1) is 0 Å². The molecule has 0 spiro atoms. The maximum absolute atomic E-state index is 12.9. The standard InChI is InChI=1S/C18H34N2O/c1-15(2)6-7-17(21)18(14-19-10-5-11-19)8-12-20(13-9-18)16(3)4/h15-16H,5-14H2,1-4H3. The number of carbonyl (C=O) groups is 1. The highest BCUT2D eigenvalue weighted by atomic mass is 16.1. The monoisotopic (exact) mass is 294 g/mol. The second-order valence-corrected chi connectivity index (χ2v) is 7.90. The molecule has 2 aliphatic heterocycles. The quantitative estimate of drug-likeness (QED) is 0.720. The molecule has 0 unspecified atom stereocenters. The SMILES string of the molecule is CC(C)CCC(=O)C1(CN2CCC2)CCN(C(C)C)CC1. The van der Waals surface area contributed by atoms with E-state index in [2.05, 4.69) is 37.5 Å². The largest absolute Gasteiger partial charge is 0.302 e. The highest BCUT2D eigenvalue weighted by Gasteiger charge is 2.42. The number of carbonyl (C=O) groups excluding carboxylic acids is 1. The maximum atomic E-state index is 12.9. The average molecular weight is 294 g/mol. The number of ketones is 1. The summed E-state index contributed by atoms with van der Waals surface area (Å²) in [6.07, 6.45) is 5.28. The van der Waals surface area contributed by atoms with Gasteiger partial charge in [-0.05, 0) is 71.6 Å². The Morgan fingerprint density at radius 3 is 2.10 bits per heavy atom. The topological polar surface area (TPSA) is 23.6 Å². The van der Waals surface area contributed by atoms with Gasteiger partial charge in [-0.25, -0.2) is 0 Å². The van der Waals surface area contributed by atoms with Gasteiger partial charge < -0.3 is 9.80 Å². The lowest BCUT2D eigenvalue weighted by Crippen LogP contribution is -2.54. The number of nitrogens with zero attached hydrogens (tertiary/aromatic N) is 2. The maximum Gasteiger partial charge on any atom is 0.140 e. The third-order valence-corrected chi connectivity index (χ3v) is 5.50. The average Bonchev–Trinajstić information content (AvgIpc) is 2.40. The Morgan fingerprint density at radius 1 is 1.05 bits per heavy atom. The van der Waals surface area contributed by atoms with Crippen molar-refractivity contribution in [1.29, 1.82) is 0 Å². The zero-order valence-electron chi connectivity index (χ0n) is 14.5. The first-order chi connectivity index (χ1) is 9.93. The fraction of sp³-hybridized carbons (Fsp3) is 0.944. The van der Waals surface area contributed by atoms with Crippen LogP contribution in [0.4, 0.5) is 0 Å². The lowest BCUT2D eigenvalue weighted by atomic mass is 9.72. The van der Waals surface area contributed by atoms with Crippen LogP contribution < -0.4 is 0 Å². The molecule has 122 valence electrons. The number of hydrogen-bond acceptors (Lipinski definition) is 3. The van der Waals surface area contributed by atoms with Crippen LogP contribution in [-0.2, 0) is 4.79 Å². The zero-order chi connectivity index (χ0) is 15.5. The summed E-state index contributed by atoms with van der Waals surface area (Å²) in [6.45, 7) is 14.6. The summed E-state index contributed by atoms with van der Waals surface area (Å²) in [5.41, 5.74) is -0.0410. The Morgan fingerprint density at radius 2 is 1.67 bits per heavy atom. The zero-order valence-corrected chi connectivity index (χ0v) is 14.5. The molecule has 0 bridgehead atoms. The van der Waals surface area contributed by atoms with Gasteiger partial charge in [0.25, 0.3) is 0 Å². The van der Waals surface area contributed by atoms with Crippen LogP contribution in [0.15, 0.2) is 0 Å². The first kappa shape index (κ1) is 17.0. The van der Waals surface area contributed by atoms with E-state index in [1.165, 1.54) is 19.5 Å². The van der Waals surface area contributed by atoms with E-state index in [1.54, 1.807) is 0 Å².